The highest BCUT2D eigenvalue weighted by molar-refractivity contribution is 14.0. The first-order chi connectivity index (χ1) is 12.9. The van der Waals surface area contributed by atoms with Gasteiger partial charge < -0.3 is 15.4 Å². The highest BCUT2D eigenvalue weighted by Crippen LogP contribution is 2.15. The van der Waals surface area contributed by atoms with Crippen LogP contribution in [-0.4, -0.2) is 86.9 Å². The van der Waals surface area contributed by atoms with Crippen LogP contribution in [0.15, 0.2) is 30.3 Å². The van der Waals surface area contributed by atoms with Gasteiger partial charge in [-0.2, -0.15) is 0 Å². The van der Waals surface area contributed by atoms with Crippen LogP contribution < -0.4 is 10.6 Å². The molecule has 1 atom stereocenters. The molecule has 0 aromatic carbocycles. The van der Waals surface area contributed by atoms with E-state index in [9.17, 15) is 0 Å². The lowest BCUT2D eigenvalue weighted by Crippen LogP contribution is -2.57. The highest BCUT2D eigenvalue weighted by atomic mass is 127. The summed E-state index contributed by atoms with van der Waals surface area (Å²) in [6.45, 7) is 23.8. The van der Waals surface area contributed by atoms with Crippen LogP contribution in [0.5, 0.6) is 0 Å². The van der Waals surface area contributed by atoms with Crippen molar-refractivity contribution >= 4 is 29.9 Å². The van der Waals surface area contributed by atoms with Gasteiger partial charge in [-0.15, -0.1) is 37.1 Å². The molecule has 0 spiro atoms. The number of aliphatic imine (C=N–C) groups is 1. The third-order valence-electron chi connectivity index (χ3n) is 5.22. The molecule has 0 saturated carbocycles. The minimum atomic E-state index is 0. The van der Waals surface area contributed by atoms with Gasteiger partial charge in [0.2, 0.25) is 0 Å². The van der Waals surface area contributed by atoms with E-state index in [0.717, 1.165) is 58.4 Å². The third kappa shape index (κ3) is 9.24. The van der Waals surface area contributed by atoms with Crippen molar-refractivity contribution in [3.63, 3.8) is 0 Å². The smallest absolute Gasteiger partial charge is 0.191 e. The number of nitrogens with zero attached hydrogens (tertiary/aromatic N) is 3. The van der Waals surface area contributed by atoms with Gasteiger partial charge in [-0.1, -0.05) is 26.0 Å². The van der Waals surface area contributed by atoms with Gasteiger partial charge in [-0.05, 0) is 19.8 Å². The van der Waals surface area contributed by atoms with Gasteiger partial charge in [-0.25, -0.2) is 0 Å². The number of hydrogen-bond acceptors (Lipinski definition) is 4. The summed E-state index contributed by atoms with van der Waals surface area (Å²) >= 11 is 0. The largest absolute Gasteiger partial charge is 0.379 e. The molecule has 0 aromatic heterocycles. The lowest BCUT2D eigenvalue weighted by atomic mass is 10.0. The summed E-state index contributed by atoms with van der Waals surface area (Å²) in [5.41, 5.74) is 0.0521. The second-order valence-electron chi connectivity index (χ2n) is 8.06. The Bertz CT molecular complexity index is 465. The first-order valence-corrected chi connectivity index (χ1v) is 10.1. The zero-order valence-electron chi connectivity index (χ0n) is 18.5. The summed E-state index contributed by atoms with van der Waals surface area (Å²) in [5.74, 6) is 1.36. The van der Waals surface area contributed by atoms with Crippen molar-refractivity contribution in [1.29, 1.82) is 0 Å². The highest BCUT2D eigenvalue weighted by Gasteiger charge is 2.28. The van der Waals surface area contributed by atoms with Gasteiger partial charge in [0.1, 0.15) is 0 Å². The normalized spacial score (nSPS) is 17.2. The molecule has 0 aliphatic carbocycles. The fraction of sp³-hybridized carbons (Fsp3) is 0.762. The van der Waals surface area contributed by atoms with Crippen LogP contribution in [0.3, 0.4) is 0 Å². The maximum Gasteiger partial charge on any atom is 0.191 e. The first kappa shape index (κ1) is 27.4. The molecular weight excluding hydrogens is 465 g/mol. The standard InChI is InChI=1S/C21H41N5O.HI/c1-8-10-25(11-9-2)19(18(3)4)16-23-20(22-7)24-17-21(5,6)26-12-14-27-15-13-26;/h8-9,18-19H,1-2,10-17H2,3-7H3,(H2,22,23,24);1H. The topological polar surface area (TPSA) is 52.1 Å². The number of hydrogen-bond donors (Lipinski definition) is 2. The van der Waals surface area contributed by atoms with E-state index >= 15 is 0 Å². The predicted octanol–water partition coefficient (Wildman–Crippen LogP) is 2.58. The molecule has 0 bridgehead atoms. The van der Waals surface area contributed by atoms with Crippen LogP contribution in [0.4, 0.5) is 0 Å². The average Bonchev–Trinajstić information content (AvgIpc) is 2.65. The van der Waals surface area contributed by atoms with Crippen molar-refractivity contribution in [3.8, 4) is 0 Å². The summed E-state index contributed by atoms with van der Waals surface area (Å²) in [5, 5.41) is 7.01. The van der Waals surface area contributed by atoms with Crippen molar-refractivity contribution in [2.45, 2.75) is 39.3 Å². The Balaban J connectivity index is 0.00000729. The van der Waals surface area contributed by atoms with Crippen LogP contribution in [-0.2, 0) is 4.74 Å². The Morgan fingerprint density at radius 2 is 1.75 bits per heavy atom. The second-order valence-corrected chi connectivity index (χ2v) is 8.06. The molecule has 0 aromatic rings. The quantitative estimate of drug-likeness (QED) is 0.195. The van der Waals surface area contributed by atoms with Crippen LogP contribution in [0.25, 0.3) is 0 Å². The summed E-state index contributed by atoms with van der Waals surface area (Å²) < 4.78 is 5.47. The number of morpholine rings is 1. The van der Waals surface area contributed by atoms with Crippen molar-refractivity contribution in [1.82, 2.24) is 20.4 Å². The number of halogens is 1. The van der Waals surface area contributed by atoms with E-state index < -0.39 is 0 Å². The first-order valence-electron chi connectivity index (χ1n) is 10.1. The van der Waals surface area contributed by atoms with E-state index in [1.807, 2.05) is 19.2 Å². The molecule has 1 saturated heterocycles. The van der Waals surface area contributed by atoms with Gasteiger partial charge in [-0.3, -0.25) is 14.8 Å². The van der Waals surface area contributed by atoms with Gasteiger partial charge in [0.05, 0.1) is 13.2 Å². The average molecular weight is 508 g/mol. The molecule has 1 rings (SSSR count). The maximum atomic E-state index is 5.47. The number of guanidine groups is 1. The SMILES string of the molecule is C=CCN(CC=C)C(CNC(=NC)NCC(C)(C)N1CCOCC1)C(C)C.I. The van der Waals surface area contributed by atoms with Crippen LogP contribution in [0.2, 0.25) is 0 Å². The minimum absolute atomic E-state index is 0. The molecular formula is C21H42IN5O. The van der Waals surface area contributed by atoms with Crippen LogP contribution in [0, 0.1) is 5.92 Å². The van der Waals surface area contributed by atoms with Crippen molar-refractivity contribution in [2.24, 2.45) is 10.9 Å². The van der Waals surface area contributed by atoms with Gasteiger partial charge in [0.15, 0.2) is 5.96 Å². The second kappa shape index (κ2) is 14.4. The van der Waals surface area contributed by atoms with Gasteiger partial charge in [0, 0.05) is 57.9 Å². The Labute approximate surface area is 189 Å². The summed E-state index contributed by atoms with van der Waals surface area (Å²) in [4.78, 5) is 9.28. The molecule has 28 heavy (non-hydrogen) atoms. The zero-order chi connectivity index (χ0) is 20.3. The molecule has 1 aliphatic rings. The monoisotopic (exact) mass is 507 g/mol. The van der Waals surface area contributed by atoms with E-state index in [2.05, 4.69) is 66.3 Å². The Morgan fingerprint density at radius 3 is 2.21 bits per heavy atom. The van der Waals surface area contributed by atoms with Crippen molar-refractivity contribution < 1.29 is 4.74 Å². The Kier molecular flexibility index (Phi) is 14.0. The lowest BCUT2D eigenvalue weighted by molar-refractivity contribution is -0.00834. The van der Waals surface area contributed by atoms with Crippen LogP contribution in [0.1, 0.15) is 27.7 Å². The molecule has 1 unspecified atom stereocenters. The number of nitrogens with one attached hydrogen (secondary N) is 2. The van der Waals surface area contributed by atoms with E-state index in [0.29, 0.717) is 12.0 Å². The molecule has 2 N–H and O–H groups in total. The van der Waals surface area contributed by atoms with E-state index in [1.165, 1.54) is 0 Å². The number of rotatable bonds is 11. The van der Waals surface area contributed by atoms with Crippen LogP contribution >= 0.6 is 24.0 Å². The summed E-state index contributed by atoms with van der Waals surface area (Å²) in [6, 6.07) is 0.381. The fourth-order valence-corrected chi connectivity index (χ4v) is 3.47. The maximum absolute atomic E-state index is 5.47. The number of ether oxygens (including phenoxy) is 1. The van der Waals surface area contributed by atoms with E-state index in [1.54, 1.807) is 0 Å². The molecule has 1 aliphatic heterocycles. The summed E-state index contributed by atoms with van der Waals surface area (Å²) in [7, 11) is 1.83. The van der Waals surface area contributed by atoms with E-state index in [4.69, 9.17) is 4.74 Å². The van der Waals surface area contributed by atoms with Gasteiger partial charge >= 0.3 is 0 Å². The van der Waals surface area contributed by atoms with Crippen molar-refractivity contribution in [2.75, 3.05) is 59.5 Å². The molecule has 1 fully saturated rings. The minimum Gasteiger partial charge on any atom is -0.379 e. The molecule has 7 heteroatoms. The molecule has 1 heterocycles. The molecule has 6 nitrogen and oxygen atoms in total. The molecule has 0 amide bonds. The Hall–Kier alpha value is -0.640. The van der Waals surface area contributed by atoms with Crippen molar-refractivity contribution in [3.05, 3.63) is 25.3 Å². The Morgan fingerprint density at radius 1 is 1.18 bits per heavy atom. The predicted molar refractivity (Wildman–Crippen MR) is 132 cm³/mol. The third-order valence-corrected chi connectivity index (χ3v) is 5.22. The fourth-order valence-electron chi connectivity index (χ4n) is 3.47. The zero-order valence-corrected chi connectivity index (χ0v) is 20.9. The lowest BCUT2D eigenvalue weighted by Gasteiger charge is -2.41. The van der Waals surface area contributed by atoms with E-state index in [-0.39, 0.29) is 29.5 Å². The molecule has 0 radical (unpaired) electrons. The summed E-state index contributed by atoms with van der Waals surface area (Å²) in [6.07, 6.45) is 3.91. The van der Waals surface area contributed by atoms with Gasteiger partial charge in [0.25, 0.3) is 0 Å². The molecule has 164 valence electrons.